The molecule has 2 N–H and O–H groups in total. The van der Waals surface area contributed by atoms with Crippen LogP contribution in [0.1, 0.15) is 17.5 Å². The number of carboxylic acids is 2. The molecule has 7 heteroatoms. The number of aliphatic carboxylic acids is 2. The van der Waals surface area contributed by atoms with E-state index in [2.05, 4.69) is 0 Å². The zero-order chi connectivity index (χ0) is 16.3. The molecule has 116 valence electrons. The van der Waals surface area contributed by atoms with Gasteiger partial charge in [0, 0.05) is 23.4 Å². The first-order chi connectivity index (χ1) is 10.4. The molecule has 0 aliphatic heterocycles. The molecule has 0 spiro atoms. The van der Waals surface area contributed by atoms with Crippen LogP contribution in [0.2, 0.25) is 0 Å². The van der Waals surface area contributed by atoms with E-state index in [9.17, 15) is 14.4 Å². The summed E-state index contributed by atoms with van der Waals surface area (Å²) >= 11 is 0. The second kappa shape index (κ2) is 6.30. The summed E-state index contributed by atoms with van der Waals surface area (Å²) in [5, 5.41) is 17.9. The summed E-state index contributed by atoms with van der Waals surface area (Å²) in [5.74, 6) is -1.83. The largest absolute Gasteiger partial charge is 0.482 e. The molecule has 0 saturated heterocycles. The van der Waals surface area contributed by atoms with E-state index in [1.165, 1.54) is 6.07 Å². The Balaban J connectivity index is 2.40. The van der Waals surface area contributed by atoms with Gasteiger partial charge in [-0.05, 0) is 31.0 Å². The molecule has 0 aliphatic carbocycles. The zero-order valence-corrected chi connectivity index (χ0v) is 11.8. The van der Waals surface area contributed by atoms with Crippen molar-refractivity contribution in [3.63, 3.8) is 0 Å². The molecule has 22 heavy (non-hydrogen) atoms. The van der Waals surface area contributed by atoms with Gasteiger partial charge < -0.3 is 19.4 Å². The van der Waals surface area contributed by atoms with E-state index in [1.807, 2.05) is 0 Å². The number of carbonyl (C=O) groups is 2. The number of hydrogen-bond acceptors (Lipinski definition) is 5. The molecule has 0 unspecified atom stereocenters. The van der Waals surface area contributed by atoms with E-state index in [-0.39, 0.29) is 24.2 Å². The van der Waals surface area contributed by atoms with Crippen LogP contribution in [0.15, 0.2) is 27.4 Å². The first-order valence-corrected chi connectivity index (χ1v) is 6.51. The van der Waals surface area contributed by atoms with Gasteiger partial charge in [-0.3, -0.25) is 4.79 Å². The predicted octanol–water partition coefficient (Wildman–Crippen LogP) is 1.58. The monoisotopic (exact) mass is 306 g/mol. The molecule has 7 nitrogen and oxygen atoms in total. The van der Waals surface area contributed by atoms with E-state index < -0.39 is 24.2 Å². The van der Waals surface area contributed by atoms with Crippen molar-refractivity contribution in [1.29, 1.82) is 0 Å². The maximum Gasteiger partial charge on any atom is 0.341 e. The highest BCUT2D eigenvalue weighted by Gasteiger charge is 2.13. The molecule has 1 aromatic carbocycles. The van der Waals surface area contributed by atoms with Gasteiger partial charge in [-0.2, -0.15) is 0 Å². The fourth-order valence-corrected chi connectivity index (χ4v) is 2.13. The van der Waals surface area contributed by atoms with Gasteiger partial charge in [-0.1, -0.05) is 0 Å². The van der Waals surface area contributed by atoms with Gasteiger partial charge in [-0.15, -0.1) is 0 Å². The summed E-state index contributed by atoms with van der Waals surface area (Å²) in [6.45, 7) is 1.22. The third-order valence-electron chi connectivity index (χ3n) is 3.21. The molecule has 2 aromatic rings. The molecular formula is C15H14O7. The molecule has 0 radical (unpaired) electrons. The standard InChI is InChI=1S/C15H14O7/c1-8-10-3-2-9(21-7-14(18)19)6-12(10)22-15(20)11(8)4-5-13(16)17/h2-3,6H,4-5,7H2,1H3,(H,16,17)(H,18,19). The molecule has 0 saturated carbocycles. The van der Waals surface area contributed by atoms with E-state index in [0.29, 0.717) is 16.5 Å². The molecule has 0 bridgehead atoms. The molecule has 1 heterocycles. The number of carboxylic acid groups (broad SMARTS) is 2. The van der Waals surface area contributed by atoms with Crippen molar-refractivity contribution in [3.05, 3.63) is 39.7 Å². The highest BCUT2D eigenvalue weighted by Crippen LogP contribution is 2.24. The highest BCUT2D eigenvalue weighted by atomic mass is 16.5. The molecule has 2 rings (SSSR count). The van der Waals surface area contributed by atoms with Gasteiger partial charge in [0.05, 0.1) is 0 Å². The van der Waals surface area contributed by atoms with Crippen molar-refractivity contribution in [2.24, 2.45) is 0 Å². The molecule has 0 fully saturated rings. The van der Waals surface area contributed by atoms with Gasteiger partial charge in [0.1, 0.15) is 11.3 Å². The van der Waals surface area contributed by atoms with E-state index in [4.69, 9.17) is 19.4 Å². The van der Waals surface area contributed by atoms with Crippen LogP contribution in [-0.4, -0.2) is 28.8 Å². The average molecular weight is 306 g/mol. The Hall–Kier alpha value is -2.83. The van der Waals surface area contributed by atoms with E-state index in [0.717, 1.165) is 0 Å². The first kappa shape index (κ1) is 15.6. The topological polar surface area (TPSA) is 114 Å². The van der Waals surface area contributed by atoms with Gasteiger partial charge in [0.25, 0.3) is 0 Å². The summed E-state index contributed by atoms with van der Waals surface area (Å²) in [5.41, 5.74) is 0.650. The van der Waals surface area contributed by atoms with Crippen LogP contribution in [0.5, 0.6) is 5.75 Å². The zero-order valence-electron chi connectivity index (χ0n) is 11.8. The third kappa shape index (κ3) is 3.43. The lowest BCUT2D eigenvalue weighted by molar-refractivity contribution is -0.139. The van der Waals surface area contributed by atoms with Crippen molar-refractivity contribution in [2.45, 2.75) is 19.8 Å². The number of aryl methyl sites for hydroxylation is 1. The third-order valence-corrected chi connectivity index (χ3v) is 3.21. The van der Waals surface area contributed by atoms with Crippen LogP contribution in [0.3, 0.4) is 0 Å². The van der Waals surface area contributed by atoms with E-state index >= 15 is 0 Å². The Kier molecular flexibility index (Phi) is 4.45. The van der Waals surface area contributed by atoms with Crippen LogP contribution in [-0.2, 0) is 16.0 Å². The van der Waals surface area contributed by atoms with Crippen molar-refractivity contribution in [3.8, 4) is 5.75 Å². The predicted molar refractivity (Wildman–Crippen MR) is 76.3 cm³/mol. The number of benzene rings is 1. The number of ether oxygens (including phenoxy) is 1. The second-order valence-corrected chi connectivity index (χ2v) is 4.73. The maximum absolute atomic E-state index is 11.9. The van der Waals surface area contributed by atoms with Crippen molar-refractivity contribution < 1.29 is 29.0 Å². The minimum absolute atomic E-state index is 0.0940. The summed E-state index contributed by atoms with van der Waals surface area (Å²) < 4.78 is 10.2. The van der Waals surface area contributed by atoms with Crippen molar-refractivity contribution >= 4 is 22.9 Å². The summed E-state index contributed by atoms with van der Waals surface area (Å²) in [4.78, 5) is 33.1. The smallest absolute Gasteiger partial charge is 0.341 e. The van der Waals surface area contributed by atoms with E-state index in [1.54, 1.807) is 19.1 Å². The number of fused-ring (bicyclic) bond motifs is 1. The molecular weight excluding hydrogens is 292 g/mol. The lowest BCUT2D eigenvalue weighted by Crippen LogP contribution is -2.12. The number of rotatable bonds is 6. The van der Waals surface area contributed by atoms with Gasteiger partial charge in [-0.25, -0.2) is 9.59 Å². The minimum Gasteiger partial charge on any atom is -0.482 e. The Bertz CT molecular complexity index is 788. The molecule has 0 amide bonds. The fourth-order valence-electron chi connectivity index (χ4n) is 2.13. The summed E-state index contributed by atoms with van der Waals surface area (Å²) in [6, 6.07) is 4.65. The van der Waals surface area contributed by atoms with Crippen molar-refractivity contribution in [1.82, 2.24) is 0 Å². The van der Waals surface area contributed by atoms with Crippen LogP contribution < -0.4 is 10.4 Å². The van der Waals surface area contributed by atoms with Gasteiger partial charge >= 0.3 is 17.6 Å². The molecule has 1 aromatic heterocycles. The Labute approximate surface area is 124 Å². The minimum atomic E-state index is -1.11. The van der Waals surface area contributed by atoms with Crippen LogP contribution >= 0.6 is 0 Å². The summed E-state index contributed by atoms with van der Waals surface area (Å²) in [6.07, 6.45) is -0.0619. The molecule has 0 atom stereocenters. The Morgan fingerprint density at radius 2 is 1.95 bits per heavy atom. The Morgan fingerprint density at radius 1 is 1.23 bits per heavy atom. The lowest BCUT2D eigenvalue weighted by atomic mass is 10.0. The Morgan fingerprint density at radius 3 is 2.59 bits per heavy atom. The normalized spacial score (nSPS) is 10.6. The fraction of sp³-hybridized carbons (Fsp3) is 0.267. The number of hydrogen-bond donors (Lipinski definition) is 2. The van der Waals surface area contributed by atoms with Crippen LogP contribution in [0.25, 0.3) is 11.0 Å². The van der Waals surface area contributed by atoms with Crippen molar-refractivity contribution in [2.75, 3.05) is 6.61 Å². The maximum atomic E-state index is 11.9. The average Bonchev–Trinajstić information content (AvgIpc) is 2.44. The van der Waals surface area contributed by atoms with Crippen LogP contribution in [0, 0.1) is 6.92 Å². The van der Waals surface area contributed by atoms with Gasteiger partial charge in [0.2, 0.25) is 0 Å². The lowest BCUT2D eigenvalue weighted by Gasteiger charge is -2.08. The van der Waals surface area contributed by atoms with Gasteiger partial charge in [0.15, 0.2) is 6.61 Å². The van der Waals surface area contributed by atoms with Crippen LogP contribution in [0.4, 0.5) is 0 Å². The SMILES string of the molecule is Cc1c(CCC(=O)O)c(=O)oc2cc(OCC(=O)O)ccc12. The summed E-state index contributed by atoms with van der Waals surface area (Å²) in [7, 11) is 0. The molecule has 0 aliphatic rings. The highest BCUT2D eigenvalue weighted by molar-refractivity contribution is 5.82. The first-order valence-electron chi connectivity index (χ1n) is 6.51. The second-order valence-electron chi connectivity index (χ2n) is 4.73. The quantitative estimate of drug-likeness (QED) is 0.779.